The van der Waals surface area contributed by atoms with E-state index in [4.69, 9.17) is 0 Å². The van der Waals surface area contributed by atoms with Crippen LogP contribution in [0.25, 0.3) is 10.9 Å². The third-order valence-corrected chi connectivity index (χ3v) is 2.18. The van der Waals surface area contributed by atoms with Gasteiger partial charge >= 0.3 is 0 Å². The molecule has 0 unspecified atom stereocenters. The van der Waals surface area contributed by atoms with Gasteiger partial charge in [-0.05, 0) is 18.6 Å². The molecule has 0 bridgehead atoms. The molecule has 2 aromatic rings. The fraction of sp³-hybridized carbons (Fsp3) is 0.273. The molecule has 0 aliphatic rings. The lowest BCUT2D eigenvalue weighted by Crippen LogP contribution is -1.96. The fourth-order valence-corrected chi connectivity index (χ4v) is 1.60. The van der Waals surface area contributed by atoms with Crippen molar-refractivity contribution in [2.45, 2.75) is 19.5 Å². The second kappa shape index (κ2) is 3.21. The Balaban J connectivity index is 2.46. The lowest BCUT2D eigenvalue weighted by Gasteiger charge is -1.99. The Morgan fingerprint density at radius 1 is 1.38 bits per heavy atom. The normalized spacial score (nSPS) is 13.4. The molecule has 1 aromatic carbocycles. The van der Waals surface area contributed by atoms with Crippen LogP contribution < -0.4 is 0 Å². The average molecular weight is 177 g/mol. The molecule has 2 heteroatoms. The Morgan fingerprint density at radius 2 is 2.15 bits per heavy atom. The summed E-state index contributed by atoms with van der Waals surface area (Å²) in [6.07, 6.45) is 1.60. The Kier molecular flexibility index (Phi) is 2.05. The Labute approximate surface area is 76.6 Å². The molecule has 0 fully saturated rings. The number of alkyl halides is 1. The zero-order valence-electron chi connectivity index (χ0n) is 7.55. The molecule has 68 valence electrons. The van der Waals surface area contributed by atoms with Crippen molar-refractivity contribution in [3.05, 3.63) is 36.0 Å². The number of fused-ring (bicyclic) bond motifs is 1. The smallest absolute Gasteiger partial charge is 0.101 e. The molecular formula is C11H12FN. The van der Waals surface area contributed by atoms with Gasteiger partial charge in [-0.15, -0.1) is 0 Å². The minimum Gasteiger partial charge on any atom is -0.361 e. The third-order valence-electron chi connectivity index (χ3n) is 2.18. The molecule has 0 amide bonds. The maximum atomic E-state index is 12.8. The molecule has 13 heavy (non-hydrogen) atoms. The summed E-state index contributed by atoms with van der Waals surface area (Å²) in [5.41, 5.74) is 2.14. The quantitative estimate of drug-likeness (QED) is 0.725. The maximum Gasteiger partial charge on any atom is 0.101 e. The van der Waals surface area contributed by atoms with E-state index in [0.717, 1.165) is 16.5 Å². The lowest BCUT2D eigenvalue weighted by molar-refractivity contribution is 0.361. The van der Waals surface area contributed by atoms with Crippen LogP contribution in [0.1, 0.15) is 12.5 Å². The Bertz CT molecular complexity index is 403. The SMILES string of the molecule is C[C@@H](F)Cc1c[nH]c2ccccc12. The van der Waals surface area contributed by atoms with E-state index in [9.17, 15) is 4.39 Å². The Hall–Kier alpha value is -1.31. The first-order chi connectivity index (χ1) is 6.27. The molecule has 2 rings (SSSR count). The van der Waals surface area contributed by atoms with Crippen LogP contribution in [0.2, 0.25) is 0 Å². The first-order valence-electron chi connectivity index (χ1n) is 4.46. The summed E-state index contributed by atoms with van der Waals surface area (Å²) in [6.45, 7) is 1.59. The predicted molar refractivity (Wildman–Crippen MR) is 52.6 cm³/mol. The van der Waals surface area contributed by atoms with Gasteiger partial charge in [-0.3, -0.25) is 0 Å². The number of halogens is 1. The van der Waals surface area contributed by atoms with Crippen LogP contribution in [0.5, 0.6) is 0 Å². The van der Waals surface area contributed by atoms with E-state index in [0.29, 0.717) is 6.42 Å². The predicted octanol–water partition coefficient (Wildman–Crippen LogP) is 3.07. The van der Waals surface area contributed by atoms with Crippen molar-refractivity contribution in [3.8, 4) is 0 Å². The molecule has 0 radical (unpaired) electrons. The highest BCUT2D eigenvalue weighted by Crippen LogP contribution is 2.19. The number of para-hydroxylation sites is 1. The van der Waals surface area contributed by atoms with E-state index in [2.05, 4.69) is 4.98 Å². The van der Waals surface area contributed by atoms with Gasteiger partial charge in [-0.2, -0.15) is 0 Å². The maximum absolute atomic E-state index is 12.8. The zero-order valence-corrected chi connectivity index (χ0v) is 7.55. The molecule has 1 nitrogen and oxygen atoms in total. The van der Waals surface area contributed by atoms with Crippen LogP contribution in [-0.4, -0.2) is 11.2 Å². The van der Waals surface area contributed by atoms with Crippen molar-refractivity contribution >= 4 is 10.9 Å². The summed E-state index contributed by atoms with van der Waals surface area (Å²) in [5.74, 6) is 0. The van der Waals surface area contributed by atoms with Crippen molar-refractivity contribution in [1.82, 2.24) is 4.98 Å². The highest BCUT2D eigenvalue weighted by atomic mass is 19.1. The standard InChI is InChI=1S/C11H12FN/c1-8(12)6-9-7-13-11-5-3-2-4-10(9)11/h2-5,7-8,13H,6H2,1H3/t8-/m1/s1. The highest BCUT2D eigenvalue weighted by molar-refractivity contribution is 5.83. The van der Waals surface area contributed by atoms with Crippen LogP contribution in [-0.2, 0) is 6.42 Å². The van der Waals surface area contributed by atoms with Gasteiger partial charge in [0.2, 0.25) is 0 Å². The zero-order chi connectivity index (χ0) is 9.26. The van der Waals surface area contributed by atoms with Gasteiger partial charge in [0.15, 0.2) is 0 Å². The number of aromatic nitrogens is 1. The number of benzene rings is 1. The molecule has 0 aliphatic heterocycles. The Morgan fingerprint density at radius 3 is 2.92 bits per heavy atom. The largest absolute Gasteiger partial charge is 0.361 e. The highest BCUT2D eigenvalue weighted by Gasteiger charge is 2.05. The van der Waals surface area contributed by atoms with Crippen LogP contribution in [0, 0.1) is 0 Å². The summed E-state index contributed by atoms with van der Waals surface area (Å²) in [6, 6.07) is 7.97. The lowest BCUT2D eigenvalue weighted by atomic mass is 10.1. The van der Waals surface area contributed by atoms with E-state index in [1.54, 1.807) is 6.92 Å². The number of hydrogen-bond acceptors (Lipinski definition) is 0. The summed E-state index contributed by atoms with van der Waals surface area (Å²) in [7, 11) is 0. The summed E-state index contributed by atoms with van der Waals surface area (Å²) >= 11 is 0. The van der Waals surface area contributed by atoms with Crippen molar-refractivity contribution in [2.75, 3.05) is 0 Å². The van der Waals surface area contributed by atoms with Gasteiger partial charge in [0.1, 0.15) is 6.17 Å². The molecule has 0 saturated heterocycles. The minimum absolute atomic E-state index is 0.490. The molecule has 0 spiro atoms. The number of nitrogens with one attached hydrogen (secondary N) is 1. The average Bonchev–Trinajstić information content (AvgIpc) is 2.48. The van der Waals surface area contributed by atoms with Gasteiger partial charge in [0.25, 0.3) is 0 Å². The first-order valence-corrected chi connectivity index (χ1v) is 4.46. The molecule has 1 atom stereocenters. The third kappa shape index (κ3) is 1.57. The number of H-pyrrole nitrogens is 1. The van der Waals surface area contributed by atoms with Gasteiger partial charge < -0.3 is 4.98 Å². The molecule has 0 saturated carbocycles. The summed E-state index contributed by atoms with van der Waals surface area (Å²) < 4.78 is 12.8. The fourth-order valence-electron chi connectivity index (χ4n) is 1.60. The monoisotopic (exact) mass is 177 g/mol. The van der Waals surface area contributed by atoms with Crippen LogP contribution in [0.3, 0.4) is 0 Å². The van der Waals surface area contributed by atoms with E-state index in [1.165, 1.54) is 0 Å². The minimum atomic E-state index is -0.779. The van der Waals surface area contributed by atoms with Gasteiger partial charge in [-0.25, -0.2) is 4.39 Å². The van der Waals surface area contributed by atoms with Crippen molar-refractivity contribution in [2.24, 2.45) is 0 Å². The van der Waals surface area contributed by atoms with Gasteiger partial charge in [0.05, 0.1) is 0 Å². The second-order valence-corrected chi connectivity index (χ2v) is 3.34. The molecule has 1 N–H and O–H groups in total. The number of aromatic amines is 1. The van der Waals surface area contributed by atoms with Crippen LogP contribution in [0.15, 0.2) is 30.5 Å². The van der Waals surface area contributed by atoms with E-state index in [-0.39, 0.29) is 0 Å². The summed E-state index contributed by atoms with van der Waals surface area (Å²) in [4.78, 5) is 3.13. The van der Waals surface area contributed by atoms with Crippen molar-refractivity contribution in [1.29, 1.82) is 0 Å². The first kappa shape index (κ1) is 8.30. The molecule has 1 aromatic heterocycles. The van der Waals surface area contributed by atoms with E-state index in [1.807, 2.05) is 30.5 Å². The number of rotatable bonds is 2. The van der Waals surface area contributed by atoms with Crippen LogP contribution >= 0.6 is 0 Å². The van der Waals surface area contributed by atoms with Crippen LogP contribution in [0.4, 0.5) is 4.39 Å². The second-order valence-electron chi connectivity index (χ2n) is 3.34. The summed E-state index contributed by atoms with van der Waals surface area (Å²) in [5, 5.41) is 1.13. The van der Waals surface area contributed by atoms with Gasteiger partial charge in [-0.1, -0.05) is 18.2 Å². The topological polar surface area (TPSA) is 15.8 Å². The van der Waals surface area contributed by atoms with E-state index >= 15 is 0 Å². The van der Waals surface area contributed by atoms with Gasteiger partial charge in [0, 0.05) is 23.5 Å². The number of hydrogen-bond donors (Lipinski definition) is 1. The molecule has 1 heterocycles. The van der Waals surface area contributed by atoms with Crippen molar-refractivity contribution < 1.29 is 4.39 Å². The van der Waals surface area contributed by atoms with E-state index < -0.39 is 6.17 Å². The molecule has 0 aliphatic carbocycles. The molecular weight excluding hydrogens is 165 g/mol. The van der Waals surface area contributed by atoms with Crippen molar-refractivity contribution in [3.63, 3.8) is 0 Å².